The molecule has 218 valence electrons. The van der Waals surface area contributed by atoms with Crippen molar-refractivity contribution in [3.05, 3.63) is 48.0 Å². The highest BCUT2D eigenvalue weighted by Gasteiger charge is 2.33. The molecule has 0 aliphatic rings. The molecule has 4 amide bonds. The van der Waals surface area contributed by atoms with Crippen LogP contribution in [0.1, 0.15) is 44.4 Å². The zero-order chi connectivity index (χ0) is 29.8. The summed E-state index contributed by atoms with van der Waals surface area (Å²) in [4.78, 5) is 69.0. The summed E-state index contributed by atoms with van der Waals surface area (Å²) in [5.74, 6) is -4.37. The Morgan fingerprint density at radius 2 is 1.62 bits per heavy atom. The number of phenolic OH excluding ortho intramolecular Hbond substituents is 1. The number of nitrogens with zero attached hydrogens (tertiary/aromatic N) is 1. The maximum Gasteiger partial charge on any atom is 0.326 e. The highest BCUT2D eigenvalue weighted by molar-refractivity contribution is 5.94. The van der Waals surface area contributed by atoms with Gasteiger partial charge in [0.1, 0.15) is 23.9 Å². The van der Waals surface area contributed by atoms with Crippen LogP contribution >= 0.6 is 0 Å². The summed E-state index contributed by atoms with van der Waals surface area (Å²) in [7, 11) is 0. The Morgan fingerprint density at radius 1 is 0.975 bits per heavy atom. The number of carbonyl (C=O) groups is 5. The highest BCUT2D eigenvalue weighted by Crippen LogP contribution is 2.13. The number of aliphatic carboxylic acids is 1. The number of primary amides is 1. The fourth-order valence-corrected chi connectivity index (χ4v) is 3.82. The maximum atomic E-state index is 13.4. The molecular formula is C26H37N7O7. The topological polar surface area (TPSA) is 243 Å². The van der Waals surface area contributed by atoms with Crippen LogP contribution < -0.4 is 27.4 Å². The van der Waals surface area contributed by atoms with Crippen molar-refractivity contribution < 1.29 is 34.2 Å². The molecule has 14 heteroatoms. The molecule has 0 bridgehead atoms. The Kier molecular flexibility index (Phi) is 12.1. The van der Waals surface area contributed by atoms with E-state index in [1.54, 1.807) is 19.1 Å². The van der Waals surface area contributed by atoms with E-state index in [1.807, 2.05) is 6.92 Å². The van der Waals surface area contributed by atoms with Crippen LogP contribution in [0.15, 0.2) is 36.8 Å². The number of carboxylic acid groups (broad SMARTS) is 1. The number of carboxylic acids is 1. The predicted octanol–water partition coefficient (Wildman–Crippen LogP) is -0.922. The second kappa shape index (κ2) is 15.2. The lowest BCUT2D eigenvalue weighted by molar-refractivity contribution is -0.142. The number of H-pyrrole nitrogens is 1. The van der Waals surface area contributed by atoms with Gasteiger partial charge >= 0.3 is 5.97 Å². The Bertz CT molecular complexity index is 1150. The maximum absolute atomic E-state index is 13.4. The van der Waals surface area contributed by atoms with Gasteiger partial charge in [0.15, 0.2) is 0 Å². The smallest absolute Gasteiger partial charge is 0.326 e. The van der Waals surface area contributed by atoms with E-state index in [4.69, 9.17) is 11.5 Å². The van der Waals surface area contributed by atoms with Gasteiger partial charge < -0.3 is 42.6 Å². The lowest BCUT2D eigenvalue weighted by Crippen LogP contribution is -2.59. The van der Waals surface area contributed by atoms with Gasteiger partial charge in [0.25, 0.3) is 0 Å². The van der Waals surface area contributed by atoms with Crippen LogP contribution in [0.2, 0.25) is 0 Å². The third-order valence-corrected chi connectivity index (χ3v) is 6.43. The molecule has 0 aliphatic carbocycles. The summed E-state index contributed by atoms with van der Waals surface area (Å²) in [5.41, 5.74) is 12.1. The van der Waals surface area contributed by atoms with Gasteiger partial charge in [-0.1, -0.05) is 32.4 Å². The Labute approximate surface area is 231 Å². The van der Waals surface area contributed by atoms with Gasteiger partial charge in [-0.3, -0.25) is 19.2 Å². The standard InChI is InChI=1S/C26H37N7O7/c1-3-14(2)22(25(38)32-20(26(39)40)10-15-4-6-17(34)7-5-15)33-24(37)19(11-16-12-29-13-30-16)31-23(36)18(27)8-9-21(28)35/h4-7,12-14,18-20,22,34H,3,8-11,27H2,1-2H3,(H2,28,35)(H,29,30)(H,31,36)(H,32,38)(H,33,37)(H,39,40). The third kappa shape index (κ3) is 10.0. The minimum absolute atomic E-state index is 0.00639. The van der Waals surface area contributed by atoms with Crippen molar-refractivity contribution in [2.24, 2.45) is 17.4 Å². The van der Waals surface area contributed by atoms with Gasteiger partial charge in [0.2, 0.25) is 23.6 Å². The van der Waals surface area contributed by atoms with Crippen LogP contribution in [0.25, 0.3) is 0 Å². The van der Waals surface area contributed by atoms with Gasteiger partial charge in [-0.05, 0) is 30.0 Å². The molecule has 10 N–H and O–H groups in total. The molecule has 0 saturated heterocycles. The largest absolute Gasteiger partial charge is 0.508 e. The normalized spacial score (nSPS) is 14.7. The first-order chi connectivity index (χ1) is 18.9. The molecule has 0 radical (unpaired) electrons. The zero-order valence-electron chi connectivity index (χ0n) is 22.4. The summed E-state index contributed by atoms with van der Waals surface area (Å²) < 4.78 is 0. The number of benzene rings is 1. The van der Waals surface area contributed by atoms with Crippen LogP contribution in [0, 0.1) is 5.92 Å². The minimum atomic E-state index is -1.30. The van der Waals surface area contributed by atoms with E-state index in [9.17, 15) is 34.2 Å². The van der Waals surface area contributed by atoms with E-state index in [0.717, 1.165) is 0 Å². The molecular weight excluding hydrogens is 522 g/mol. The molecule has 1 aromatic carbocycles. The lowest BCUT2D eigenvalue weighted by Gasteiger charge is -2.28. The van der Waals surface area contributed by atoms with Crippen LogP contribution in [0.3, 0.4) is 0 Å². The van der Waals surface area contributed by atoms with Gasteiger partial charge in [0, 0.05) is 31.2 Å². The molecule has 5 unspecified atom stereocenters. The van der Waals surface area contributed by atoms with Gasteiger partial charge in [-0.15, -0.1) is 0 Å². The van der Waals surface area contributed by atoms with E-state index in [2.05, 4.69) is 25.9 Å². The van der Waals surface area contributed by atoms with Crippen LogP contribution in [0.4, 0.5) is 0 Å². The van der Waals surface area contributed by atoms with Crippen molar-refractivity contribution in [3.63, 3.8) is 0 Å². The van der Waals surface area contributed by atoms with Crippen LogP contribution in [0.5, 0.6) is 5.75 Å². The number of aromatic nitrogens is 2. The molecule has 40 heavy (non-hydrogen) atoms. The van der Waals surface area contributed by atoms with E-state index >= 15 is 0 Å². The summed E-state index contributed by atoms with van der Waals surface area (Å²) >= 11 is 0. The molecule has 14 nitrogen and oxygen atoms in total. The van der Waals surface area contributed by atoms with Crippen molar-refractivity contribution in [3.8, 4) is 5.75 Å². The quantitative estimate of drug-likeness (QED) is 0.127. The van der Waals surface area contributed by atoms with Crippen LogP contribution in [-0.2, 0) is 36.8 Å². The molecule has 0 fully saturated rings. The molecule has 1 aromatic heterocycles. The highest BCUT2D eigenvalue weighted by atomic mass is 16.4. The molecule has 1 heterocycles. The molecule has 5 atom stereocenters. The van der Waals surface area contributed by atoms with Crippen molar-refractivity contribution in [1.29, 1.82) is 0 Å². The Balaban J connectivity index is 2.19. The predicted molar refractivity (Wildman–Crippen MR) is 143 cm³/mol. The summed E-state index contributed by atoms with van der Waals surface area (Å²) in [6.45, 7) is 3.53. The number of nitrogens with one attached hydrogen (secondary N) is 4. The Hall–Kier alpha value is -4.46. The average molecular weight is 560 g/mol. The number of nitrogens with two attached hydrogens (primary N) is 2. The molecule has 0 spiro atoms. The molecule has 2 rings (SSSR count). The molecule has 0 saturated carbocycles. The number of hydrogen-bond acceptors (Lipinski definition) is 8. The third-order valence-electron chi connectivity index (χ3n) is 6.43. The lowest BCUT2D eigenvalue weighted by atomic mass is 9.96. The zero-order valence-corrected chi connectivity index (χ0v) is 22.4. The van der Waals surface area contributed by atoms with E-state index in [0.29, 0.717) is 17.7 Å². The first-order valence-electron chi connectivity index (χ1n) is 12.8. The van der Waals surface area contributed by atoms with Gasteiger partial charge in [-0.25, -0.2) is 9.78 Å². The van der Waals surface area contributed by atoms with Gasteiger partial charge in [0.05, 0.1) is 12.4 Å². The van der Waals surface area contributed by atoms with E-state index < -0.39 is 59.7 Å². The average Bonchev–Trinajstić information content (AvgIpc) is 3.43. The van der Waals surface area contributed by atoms with Crippen molar-refractivity contribution in [2.75, 3.05) is 0 Å². The van der Waals surface area contributed by atoms with E-state index in [-0.39, 0.29) is 31.4 Å². The van der Waals surface area contributed by atoms with E-state index in [1.165, 1.54) is 24.7 Å². The fraction of sp³-hybridized carbons (Fsp3) is 0.462. The second-order valence-electron chi connectivity index (χ2n) is 9.60. The summed E-state index contributed by atoms with van der Waals surface area (Å²) in [5, 5.41) is 26.9. The SMILES string of the molecule is CCC(C)C(NC(=O)C(Cc1cnc[nH]1)NC(=O)C(N)CCC(N)=O)C(=O)NC(Cc1ccc(O)cc1)C(=O)O. The summed E-state index contributed by atoms with van der Waals surface area (Å²) in [6.07, 6.45) is 3.16. The number of hydrogen-bond donors (Lipinski definition) is 8. The monoisotopic (exact) mass is 559 g/mol. The summed E-state index contributed by atoms with van der Waals surface area (Å²) in [6, 6.07) is 1.21. The Morgan fingerprint density at radius 3 is 2.17 bits per heavy atom. The number of amides is 4. The van der Waals surface area contributed by atoms with Crippen molar-refractivity contribution in [2.45, 2.75) is 70.1 Å². The van der Waals surface area contributed by atoms with Gasteiger partial charge in [-0.2, -0.15) is 0 Å². The number of aromatic hydroxyl groups is 1. The van der Waals surface area contributed by atoms with Crippen molar-refractivity contribution >= 4 is 29.6 Å². The number of carbonyl (C=O) groups excluding carboxylic acids is 4. The number of rotatable bonds is 16. The van der Waals surface area contributed by atoms with Crippen molar-refractivity contribution in [1.82, 2.24) is 25.9 Å². The number of phenols is 1. The first-order valence-corrected chi connectivity index (χ1v) is 12.8. The number of aromatic amines is 1. The first kappa shape index (κ1) is 31.8. The molecule has 2 aromatic rings. The minimum Gasteiger partial charge on any atom is -0.508 e. The second-order valence-corrected chi connectivity index (χ2v) is 9.60. The number of imidazole rings is 1. The fourth-order valence-electron chi connectivity index (χ4n) is 3.82. The van der Waals surface area contributed by atoms with Crippen LogP contribution in [-0.4, -0.2) is 73.9 Å². The molecule has 0 aliphatic heterocycles.